The van der Waals surface area contributed by atoms with Crippen molar-refractivity contribution < 1.29 is 5.11 Å². The minimum Gasteiger partial charge on any atom is -0.512 e. The van der Waals surface area contributed by atoms with Crippen molar-refractivity contribution in [1.29, 1.82) is 0 Å². The summed E-state index contributed by atoms with van der Waals surface area (Å²) in [6, 6.07) is 0. The first-order valence-electron chi connectivity index (χ1n) is 3.28. The van der Waals surface area contributed by atoms with Crippen LogP contribution >= 0.6 is 31.9 Å². The predicted molar refractivity (Wildman–Crippen MR) is 54.2 cm³/mol. The zero-order valence-corrected chi connectivity index (χ0v) is 9.02. The molecule has 1 rings (SSSR count). The van der Waals surface area contributed by atoms with Crippen molar-refractivity contribution in [3.8, 4) is 0 Å². The fourth-order valence-electron chi connectivity index (χ4n) is 0.856. The lowest BCUT2D eigenvalue weighted by molar-refractivity contribution is 0.392. The molecule has 0 saturated heterocycles. The fraction of sp³-hybridized carbons (Fsp3) is 0.250. The number of allylic oxidation sites excluding steroid dienone is 6. The second-order valence-corrected chi connectivity index (χ2v) is 3.82. The van der Waals surface area contributed by atoms with Gasteiger partial charge in [0.15, 0.2) is 0 Å². The van der Waals surface area contributed by atoms with E-state index in [9.17, 15) is 5.11 Å². The van der Waals surface area contributed by atoms with Gasteiger partial charge in [-0.3, -0.25) is 0 Å². The second-order valence-electron chi connectivity index (χ2n) is 2.17. The number of hydrogen-bond acceptors (Lipinski definition) is 1. The van der Waals surface area contributed by atoms with Crippen LogP contribution in [0.1, 0.15) is 6.42 Å². The molecule has 0 saturated carbocycles. The zero-order chi connectivity index (χ0) is 8.27. The Morgan fingerprint density at radius 2 is 2.27 bits per heavy atom. The summed E-state index contributed by atoms with van der Waals surface area (Å²) in [5.74, 6) is 0.429. The summed E-state index contributed by atoms with van der Waals surface area (Å²) in [5, 5.41) is 10.2. The van der Waals surface area contributed by atoms with E-state index in [1.165, 1.54) is 0 Å². The number of alkyl halides is 1. The zero-order valence-electron chi connectivity index (χ0n) is 5.85. The molecule has 1 aliphatic rings. The molecule has 0 aromatic carbocycles. The first-order valence-corrected chi connectivity index (χ1v) is 5.19. The van der Waals surface area contributed by atoms with Crippen molar-refractivity contribution in [3.63, 3.8) is 0 Å². The van der Waals surface area contributed by atoms with Crippen LogP contribution in [0.5, 0.6) is 0 Å². The van der Waals surface area contributed by atoms with Crippen LogP contribution in [-0.2, 0) is 0 Å². The molecule has 1 aliphatic carbocycles. The summed E-state index contributed by atoms with van der Waals surface area (Å²) in [6.45, 7) is 0. The van der Waals surface area contributed by atoms with Crippen LogP contribution in [-0.4, -0.2) is 10.4 Å². The summed E-state index contributed by atoms with van der Waals surface area (Å²) in [5.41, 5.74) is 0.893. The molecule has 60 valence electrons. The van der Waals surface area contributed by atoms with Gasteiger partial charge >= 0.3 is 0 Å². The number of aliphatic hydroxyl groups is 1. The SMILES string of the molecule is OC(CCBr)=C1C=CC=C1Br. The largest absolute Gasteiger partial charge is 0.512 e. The minimum atomic E-state index is 0.429. The molecule has 0 unspecified atom stereocenters. The number of hydrogen-bond donors (Lipinski definition) is 1. The molecule has 0 heterocycles. The van der Waals surface area contributed by atoms with Gasteiger partial charge in [0.05, 0.1) is 0 Å². The van der Waals surface area contributed by atoms with Crippen LogP contribution in [0, 0.1) is 0 Å². The Morgan fingerprint density at radius 3 is 2.73 bits per heavy atom. The number of aliphatic hydroxyl groups excluding tert-OH is 1. The van der Waals surface area contributed by atoms with E-state index in [1.54, 1.807) is 0 Å². The van der Waals surface area contributed by atoms with Crippen LogP contribution in [0.4, 0.5) is 0 Å². The van der Waals surface area contributed by atoms with Crippen LogP contribution in [0.3, 0.4) is 0 Å². The summed E-state index contributed by atoms with van der Waals surface area (Å²) >= 11 is 6.60. The Kier molecular flexibility index (Phi) is 3.40. The van der Waals surface area contributed by atoms with Crippen LogP contribution < -0.4 is 0 Å². The maximum Gasteiger partial charge on any atom is 0.101 e. The second kappa shape index (κ2) is 4.12. The topological polar surface area (TPSA) is 20.2 Å². The van der Waals surface area contributed by atoms with E-state index in [0.717, 1.165) is 15.4 Å². The lowest BCUT2D eigenvalue weighted by Crippen LogP contribution is -1.88. The smallest absolute Gasteiger partial charge is 0.101 e. The quantitative estimate of drug-likeness (QED) is 0.607. The highest BCUT2D eigenvalue weighted by molar-refractivity contribution is 9.12. The normalized spacial score (nSPS) is 20.4. The highest BCUT2D eigenvalue weighted by atomic mass is 79.9. The summed E-state index contributed by atoms with van der Waals surface area (Å²) in [7, 11) is 0. The van der Waals surface area contributed by atoms with E-state index >= 15 is 0 Å². The van der Waals surface area contributed by atoms with E-state index in [2.05, 4.69) is 31.9 Å². The Balaban J connectivity index is 2.79. The molecule has 0 radical (unpaired) electrons. The lowest BCUT2D eigenvalue weighted by atomic mass is 10.2. The van der Waals surface area contributed by atoms with Gasteiger partial charge in [0.25, 0.3) is 0 Å². The monoisotopic (exact) mass is 278 g/mol. The molecule has 0 spiro atoms. The Labute approximate surface area is 82.7 Å². The standard InChI is InChI=1S/C8H8Br2O/c9-5-4-8(11)6-2-1-3-7(6)10/h1-3,11H,4-5H2. The van der Waals surface area contributed by atoms with Gasteiger partial charge in [0.1, 0.15) is 5.76 Å². The maximum absolute atomic E-state index is 9.45. The average Bonchev–Trinajstić information content (AvgIpc) is 2.36. The van der Waals surface area contributed by atoms with E-state index < -0.39 is 0 Å². The third-order valence-electron chi connectivity index (χ3n) is 1.40. The third-order valence-corrected chi connectivity index (χ3v) is 2.49. The van der Waals surface area contributed by atoms with Gasteiger partial charge in [-0.05, 0) is 6.08 Å². The molecule has 11 heavy (non-hydrogen) atoms. The Morgan fingerprint density at radius 1 is 1.55 bits per heavy atom. The van der Waals surface area contributed by atoms with Crippen LogP contribution in [0.2, 0.25) is 0 Å². The van der Waals surface area contributed by atoms with Crippen molar-refractivity contribution in [3.05, 3.63) is 34.0 Å². The molecule has 0 amide bonds. The fourth-order valence-corrected chi connectivity index (χ4v) is 1.75. The van der Waals surface area contributed by atoms with Crippen molar-refractivity contribution in [2.24, 2.45) is 0 Å². The van der Waals surface area contributed by atoms with Gasteiger partial charge in [-0.2, -0.15) is 0 Å². The van der Waals surface area contributed by atoms with Gasteiger partial charge in [-0.25, -0.2) is 0 Å². The van der Waals surface area contributed by atoms with Gasteiger partial charge in [0.2, 0.25) is 0 Å². The molecule has 0 aromatic heterocycles. The van der Waals surface area contributed by atoms with E-state index in [-0.39, 0.29) is 0 Å². The first-order chi connectivity index (χ1) is 5.25. The maximum atomic E-state index is 9.45. The average molecular weight is 280 g/mol. The van der Waals surface area contributed by atoms with Crippen molar-refractivity contribution in [2.45, 2.75) is 6.42 Å². The third kappa shape index (κ3) is 2.20. The molecule has 0 atom stereocenters. The van der Waals surface area contributed by atoms with Gasteiger partial charge < -0.3 is 5.11 Å². The van der Waals surface area contributed by atoms with Crippen LogP contribution in [0.25, 0.3) is 0 Å². The van der Waals surface area contributed by atoms with Crippen molar-refractivity contribution in [1.82, 2.24) is 0 Å². The van der Waals surface area contributed by atoms with Gasteiger partial charge in [0, 0.05) is 21.8 Å². The van der Waals surface area contributed by atoms with E-state index in [4.69, 9.17) is 0 Å². The summed E-state index contributed by atoms with van der Waals surface area (Å²) in [4.78, 5) is 0. The molecule has 0 aliphatic heterocycles. The Bertz CT molecular complexity index is 238. The van der Waals surface area contributed by atoms with Gasteiger partial charge in [-0.1, -0.05) is 44.0 Å². The first kappa shape index (κ1) is 9.07. The molecule has 0 bridgehead atoms. The van der Waals surface area contributed by atoms with Crippen molar-refractivity contribution >= 4 is 31.9 Å². The molecular weight excluding hydrogens is 272 g/mol. The molecule has 0 aromatic rings. The summed E-state index contributed by atoms with van der Waals surface area (Å²) in [6.07, 6.45) is 6.38. The molecular formula is C8H8Br2O. The van der Waals surface area contributed by atoms with Crippen molar-refractivity contribution in [2.75, 3.05) is 5.33 Å². The van der Waals surface area contributed by atoms with Gasteiger partial charge in [-0.15, -0.1) is 0 Å². The predicted octanol–water partition coefficient (Wildman–Crippen LogP) is 3.43. The molecule has 1 nitrogen and oxygen atoms in total. The minimum absolute atomic E-state index is 0.429. The highest BCUT2D eigenvalue weighted by Crippen LogP contribution is 2.27. The molecule has 0 fully saturated rings. The Hall–Kier alpha value is -0.0200. The van der Waals surface area contributed by atoms with E-state index in [0.29, 0.717) is 12.2 Å². The summed E-state index contributed by atoms with van der Waals surface area (Å²) < 4.78 is 0.955. The highest BCUT2D eigenvalue weighted by Gasteiger charge is 2.08. The number of halogens is 2. The lowest BCUT2D eigenvalue weighted by Gasteiger charge is -2.00. The van der Waals surface area contributed by atoms with Crippen LogP contribution in [0.15, 0.2) is 34.0 Å². The number of rotatable bonds is 2. The van der Waals surface area contributed by atoms with E-state index in [1.807, 2.05) is 18.2 Å². The molecule has 1 N–H and O–H groups in total. The molecule has 3 heteroatoms.